The Morgan fingerprint density at radius 2 is 2.11 bits per heavy atom. The van der Waals surface area contributed by atoms with Gasteiger partial charge < -0.3 is 4.90 Å². The SMILES string of the molecule is O=C(c1ccccc1Br)N1CCCCCC1CCl. The first-order valence-corrected chi connectivity index (χ1v) is 7.68. The molecule has 1 amide bonds. The van der Waals surface area contributed by atoms with Crippen LogP contribution in [0.25, 0.3) is 0 Å². The highest BCUT2D eigenvalue weighted by Gasteiger charge is 2.26. The van der Waals surface area contributed by atoms with E-state index in [9.17, 15) is 4.79 Å². The number of hydrogen-bond donors (Lipinski definition) is 0. The second-order valence-electron chi connectivity index (χ2n) is 4.64. The van der Waals surface area contributed by atoms with E-state index in [0.29, 0.717) is 5.88 Å². The maximum absolute atomic E-state index is 12.6. The first-order valence-electron chi connectivity index (χ1n) is 6.35. The molecule has 4 heteroatoms. The maximum atomic E-state index is 12.6. The Kier molecular flexibility index (Phi) is 5.07. The van der Waals surface area contributed by atoms with Crippen molar-refractivity contribution in [3.63, 3.8) is 0 Å². The van der Waals surface area contributed by atoms with Crippen LogP contribution >= 0.6 is 27.5 Å². The largest absolute Gasteiger partial charge is 0.334 e. The molecule has 1 atom stereocenters. The summed E-state index contributed by atoms with van der Waals surface area (Å²) in [5.74, 6) is 0.617. The van der Waals surface area contributed by atoms with E-state index in [1.165, 1.54) is 6.42 Å². The van der Waals surface area contributed by atoms with Gasteiger partial charge in [-0.25, -0.2) is 0 Å². The van der Waals surface area contributed by atoms with Crippen molar-refractivity contribution in [2.75, 3.05) is 12.4 Å². The summed E-state index contributed by atoms with van der Waals surface area (Å²) < 4.78 is 0.854. The highest BCUT2D eigenvalue weighted by Crippen LogP contribution is 2.23. The number of hydrogen-bond acceptors (Lipinski definition) is 1. The Labute approximate surface area is 121 Å². The average Bonchev–Trinajstić information content (AvgIpc) is 2.63. The molecule has 0 spiro atoms. The van der Waals surface area contributed by atoms with Crippen molar-refractivity contribution < 1.29 is 4.79 Å². The molecule has 1 aromatic rings. The topological polar surface area (TPSA) is 20.3 Å². The zero-order chi connectivity index (χ0) is 13.0. The number of halogens is 2. The molecule has 1 saturated heterocycles. The van der Waals surface area contributed by atoms with E-state index in [2.05, 4.69) is 15.9 Å². The summed E-state index contributed by atoms with van der Waals surface area (Å²) in [4.78, 5) is 14.5. The highest BCUT2D eigenvalue weighted by molar-refractivity contribution is 9.10. The van der Waals surface area contributed by atoms with Crippen molar-refractivity contribution in [2.45, 2.75) is 31.7 Å². The fraction of sp³-hybridized carbons (Fsp3) is 0.500. The van der Waals surface area contributed by atoms with E-state index in [1.807, 2.05) is 29.2 Å². The lowest BCUT2D eigenvalue weighted by Crippen LogP contribution is -2.41. The number of alkyl halides is 1. The fourth-order valence-electron chi connectivity index (χ4n) is 2.39. The number of rotatable bonds is 2. The van der Waals surface area contributed by atoms with Gasteiger partial charge in [0.2, 0.25) is 0 Å². The second kappa shape index (κ2) is 6.58. The Morgan fingerprint density at radius 3 is 2.83 bits per heavy atom. The number of carbonyl (C=O) groups is 1. The third kappa shape index (κ3) is 3.07. The van der Waals surface area contributed by atoms with E-state index >= 15 is 0 Å². The molecule has 2 rings (SSSR count). The van der Waals surface area contributed by atoms with Crippen molar-refractivity contribution in [3.8, 4) is 0 Å². The lowest BCUT2D eigenvalue weighted by Gasteiger charge is -2.29. The molecule has 0 bridgehead atoms. The van der Waals surface area contributed by atoms with E-state index in [1.54, 1.807) is 0 Å². The standard InChI is InChI=1S/C14H17BrClNO/c15-13-8-4-3-7-12(13)14(18)17-9-5-1-2-6-11(17)10-16/h3-4,7-8,11H,1-2,5-6,9-10H2. The number of carbonyl (C=O) groups excluding carboxylic acids is 1. The summed E-state index contributed by atoms with van der Waals surface area (Å²) in [7, 11) is 0. The van der Waals surface area contributed by atoms with Gasteiger partial charge in [-0.05, 0) is 40.9 Å². The van der Waals surface area contributed by atoms with Crippen LogP contribution in [-0.2, 0) is 0 Å². The van der Waals surface area contributed by atoms with Crippen LogP contribution < -0.4 is 0 Å². The lowest BCUT2D eigenvalue weighted by atomic mass is 10.1. The van der Waals surface area contributed by atoms with E-state index < -0.39 is 0 Å². The third-order valence-electron chi connectivity index (χ3n) is 3.42. The van der Waals surface area contributed by atoms with Gasteiger partial charge in [0.25, 0.3) is 5.91 Å². The van der Waals surface area contributed by atoms with Crippen LogP contribution in [0.1, 0.15) is 36.0 Å². The van der Waals surface area contributed by atoms with Gasteiger partial charge in [-0.15, -0.1) is 11.6 Å². The van der Waals surface area contributed by atoms with E-state index in [4.69, 9.17) is 11.6 Å². The normalized spacial score (nSPS) is 20.6. The van der Waals surface area contributed by atoms with Crippen LogP contribution in [0.3, 0.4) is 0 Å². The molecule has 0 radical (unpaired) electrons. The van der Waals surface area contributed by atoms with Crippen LogP contribution in [0, 0.1) is 0 Å². The average molecular weight is 331 g/mol. The molecule has 1 aromatic carbocycles. The lowest BCUT2D eigenvalue weighted by molar-refractivity contribution is 0.0699. The van der Waals surface area contributed by atoms with E-state index in [-0.39, 0.29) is 11.9 Å². The van der Waals surface area contributed by atoms with Crippen LogP contribution in [-0.4, -0.2) is 29.3 Å². The molecule has 1 aliphatic heterocycles. The summed E-state index contributed by atoms with van der Waals surface area (Å²) in [6.07, 6.45) is 4.44. The third-order valence-corrected chi connectivity index (χ3v) is 4.47. The van der Waals surface area contributed by atoms with Gasteiger partial charge in [-0.1, -0.05) is 25.0 Å². The van der Waals surface area contributed by atoms with Crippen LogP contribution in [0.4, 0.5) is 0 Å². The molecular weight excluding hydrogens is 314 g/mol. The van der Waals surface area contributed by atoms with Gasteiger partial charge in [0.05, 0.1) is 5.56 Å². The molecule has 1 heterocycles. The van der Waals surface area contributed by atoms with Crippen molar-refractivity contribution in [1.29, 1.82) is 0 Å². The smallest absolute Gasteiger partial charge is 0.255 e. The molecule has 98 valence electrons. The summed E-state index contributed by atoms with van der Waals surface area (Å²) >= 11 is 9.46. The fourth-order valence-corrected chi connectivity index (χ4v) is 3.17. The Balaban J connectivity index is 2.23. The number of nitrogens with zero attached hydrogens (tertiary/aromatic N) is 1. The van der Waals surface area contributed by atoms with Crippen LogP contribution in [0.2, 0.25) is 0 Å². The number of benzene rings is 1. The number of likely N-dealkylation sites (tertiary alicyclic amines) is 1. The van der Waals surface area contributed by atoms with E-state index in [0.717, 1.165) is 35.8 Å². The molecule has 0 aromatic heterocycles. The van der Waals surface area contributed by atoms with Gasteiger partial charge in [-0.2, -0.15) is 0 Å². The summed E-state index contributed by atoms with van der Waals surface area (Å²) in [5.41, 5.74) is 0.731. The van der Waals surface area contributed by atoms with Gasteiger partial charge in [0.15, 0.2) is 0 Å². The maximum Gasteiger partial charge on any atom is 0.255 e. The molecule has 1 aliphatic rings. The van der Waals surface area contributed by atoms with Crippen molar-refractivity contribution in [2.24, 2.45) is 0 Å². The summed E-state index contributed by atoms with van der Waals surface area (Å²) in [6.45, 7) is 0.817. The van der Waals surface area contributed by atoms with Crippen molar-refractivity contribution >= 4 is 33.4 Å². The Bertz CT molecular complexity index is 424. The second-order valence-corrected chi connectivity index (χ2v) is 5.80. The molecule has 2 nitrogen and oxygen atoms in total. The zero-order valence-electron chi connectivity index (χ0n) is 10.2. The highest BCUT2D eigenvalue weighted by atomic mass is 79.9. The molecule has 1 fully saturated rings. The first-order chi connectivity index (χ1) is 8.74. The molecule has 0 N–H and O–H groups in total. The van der Waals surface area contributed by atoms with Crippen LogP contribution in [0.5, 0.6) is 0 Å². The van der Waals surface area contributed by atoms with Gasteiger partial charge in [0.1, 0.15) is 0 Å². The quantitative estimate of drug-likeness (QED) is 0.748. The van der Waals surface area contributed by atoms with Gasteiger partial charge >= 0.3 is 0 Å². The predicted molar refractivity (Wildman–Crippen MR) is 78.2 cm³/mol. The summed E-state index contributed by atoms with van der Waals surface area (Å²) in [6, 6.07) is 7.76. The Hall–Kier alpha value is -0.540. The van der Waals surface area contributed by atoms with Gasteiger partial charge in [-0.3, -0.25) is 4.79 Å². The molecule has 1 unspecified atom stereocenters. The monoisotopic (exact) mass is 329 g/mol. The van der Waals surface area contributed by atoms with Crippen LogP contribution in [0.15, 0.2) is 28.7 Å². The predicted octanol–water partition coefficient (Wildman–Crippen LogP) is 4.07. The van der Waals surface area contributed by atoms with Crippen molar-refractivity contribution in [1.82, 2.24) is 4.90 Å². The summed E-state index contributed by atoms with van der Waals surface area (Å²) in [5, 5.41) is 0. The zero-order valence-corrected chi connectivity index (χ0v) is 12.6. The number of amides is 1. The Morgan fingerprint density at radius 1 is 1.33 bits per heavy atom. The minimum absolute atomic E-state index is 0.0926. The minimum Gasteiger partial charge on any atom is -0.334 e. The molecule has 18 heavy (non-hydrogen) atoms. The molecule has 0 saturated carbocycles. The van der Waals surface area contributed by atoms with Gasteiger partial charge in [0, 0.05) is 22.9 Å². The first kappa shape index (κ1) is 13.9. The van der Waals surface area contributed by atoms with Crippen molar-refractivity contribution in [3.05, 3.63) is 34.3 Å². The molecular formula is C14H17BrClNO. The molecule has 0 aliphatic carbocycles. The minimum atomic E-state index is 0.0926.